The van der Waals surface area contributed by atoms with Crippen LogP contribution in [-0.2, 0) is 6.42 Å². The Morgan fingerprint density at radius 3 is 0.904 bits per heavy atom. The van der Waals surface area contributed by atoms with E-state index in [1.165, 1.54) is 180 Å². The molecule has 16 saturated carbocycles. The minimum Gasteiger partial charge on any atom is -0.393 e. The summed E-state index contributed by atoms with van der Waals surface area (Å²) in [5, 5.41) is 104. The van der Waals surface area contributed by atoms with Crippen LogP contribution in [0.15, 0.2) is 64.8 Å². The van der Waals surface area contributed by atoms with Crippen molar-refractivity contribution in [1.29, 1.82) is 0 Å². The normalized spacial score (nSPS) is 48.0. The molecule has 9 heteroatoms. The van der Waals surface area contributed by atoms with E-state index >= 15 is 0 Å². The summed E-state index contributed by atoms with van der Waals surface area (Å²) in [6.45, 7) is 93.6. The zero-order valence-electron chi connectivity index (χ0n) is 102. The van der Waals surface area contributed by atoms with E-state index in [1.54, 1.807) is 0 Å². The summed E-state index contributed by atoms with van der Waals surface area (Å²) in [6, 6.07) is 6.73. The summed E-state index contributed by atoms with van der Waals surface area (Å²) in [5.74, 6) is 9.04. The number of aliphatic hydroxyl groups is 9. The number of hydrogen-bond donors (Lipinski definition) is 9. The summed E-state index contributed by atoms with van der Waals surface area (Å²) >= 11 is 0. The maximum atomic E-state index is 12.3. The van der Waals surface area contributed by atoms with Crippen molar-refractivity contribution < 1.29 is 46.0 Å². The first-order valence-corrected chi connectivity index (χ1v) is 61.9. The molecule has 0 aliphatic heterocycles. The van der Waals surface area contributed by atoms with Gasteiger partial charge >= 0.3 is 0 Å². The van der Waals surface area contributed by atoms with Crippen molar-refractivity contribution >= 4 is 0 Å². The van der Waals surface area contributed by atoms with Crippen molar-refractivity contribution in [3.05, 3.63) is 81.5 Å². The molecule has 9 nitrogen and oxygen atoms in total. The van der Waals surface area contributed by atoms with Crippen molar-refractivity contribution in [3.63, 3.8) is 0 Å². The van der Waals surface area contributed by atoms with Crippen molar-refractivity contribution in [2.24, 2.45) is 215 Å². The minimum absolute atomic E-state index is 0.0533. The van der Waals surface area contributed by atoms with Gasteiger partial charge in [0.2, 0.25) is 0 Å². The van der Waals surface area contributed by atoms with Gasteiger partial charge in [-0.3, -0.25) is 0 Å². The van der Waals surface area contributed by atoms with E-state index in [9.17, 15) is 46.0 Å². The minimum atomic E-state index is -0.696. The van der Waals surface area contributed by atoms with Gasteiger partial charge in [-0.2, -0.15) is 0 Å². The maximum Gasteiger partial charge on any atom is 0.0852 e. The Hall–Kier alpha value is -2.18. The molecule has 42 atom stereocenters. The van der Waals surface area contributed by atoms with Gasteiger partial charge in [0.25, 0.3) is 0 Å². The Morgan fingerprint density at radius 1 is 0.308 bits per heavy atom. The number of aliphatic hydroxyl groups excluding tert-OH is 9. The SMILES string of the molecule is CC(C)=CCC[C@](C)(Cc1c(C)cccc1C)C1CC[C@]2(C)C1C(O)CC1C3(C)C[C@@H](O)C(O)C(C)(C)C3CCC12C.CCC1CCC2(C)C(CCC3(C)C2CC(O)C2C(C(C)(C)CCC=C(C)C)CC[C@]23C)C1(C)C.CC[C@@](C)(CCC=C(C)C)C1CC[C@]2(C)C1C(O)CC1C3(C)C[C@@H](O)C(C)C(C)(C)C3CCC12C.CC[C@@](C)(CCC=C(C)C)C1CC[C@]2(C)C1C(O)CC1C3(C)C[C@@H](O)C(O)C(C)(C)C3CCC12C. The second-order valence-corrected chi connectivity index (χ2v) is 64.2. The molecule has 0 saturated heterocycles. The highest BCUT2D eigenvalue weighted by atomic mass is 16.3. The van der Waals surface area contributed by atoms with Crippen LogP contribution >= 0.6 is 0 Å². The third-order valence-corrected chi connectivity index (χ3v) is 55.4. The van der Waals surface area contributed by atoms with Gasteiger partial charge < -0.3 is 46.0 Å². The summed E-state index contributed by atoms with van der Waals surface area (Å²) in [4.78, 5) is 0. The van der Waals surface area contributed by atoms with Crippen LogP contribution in [0.5, 0.6) is 0 Å². The first-order valence-electron chi connectivity index (χ1n) is 61.9. The maximum absolute atomic E-state index is 12.3. The Labute approximate surface area is 899 Å². The van der Waals surface area contributed by atoms with Crippen LogP contribution in [0.2, 0.25) is 0 Å². The number of aryl methyl sites for hydroxylation is 2. The van der Waals surface area contributed by atoms with Crippen LogP contribution in [0.3, 0.4) is 0 Å². The van der Waals surface area contributed by atoms with Gasteiger partial charge in [0.1, 0.15) is 0 Å². The molecule has 0 heterocycles. The Bertz CT molecular complexity index is 4650. The van der Waals surface area contributed by atoms with Crippen LogP contribution in [0, 0.1) is 229 Å². The van der Waals surface area contributed by atoms with E-state index in [4.69, 9.17) is 0 Å². The molecule has 17 rings (SSSR count). The second kappa shape index (κ2) is 41.3. The lowest BCUT2D eigenvalue weighted by atomic mass is 9.34. The highest BCUT2D eigenvalue weighted by Gasteiger charge is 2.78. The summed E-state index contributed by atoms with van der Waals surface area (Å²) < 4.78 is 0. The Balaban J connectivity index is 0.000000154. The zero-order chi connectivity index (χ0) is 109. The molecule has 0 radical (unpaired) electrons. The van der Waals surface area contributed by atoms with E-state index in [-0.39, 0.29) is 123 Å². The molecule has 836 valence electrons. The molecular weight excluding hydrogens is 1790 g/mol. The highest BCUT2D eigenvalue weighted by molar-refractivity contribution is 5.36. The molecule has 9 N–H and O–H groups in total. The molecule has 1 aromatic carbocycles. The average molecular weight is 2030 g/mol. The van der Waals surface area contributed by atoms with Crippen molar-refractivity contribution in [2.75, 3.05) is 0 Å². The smallest absolute Gasteiger partial charge is 0.0852 e. The molecule has 32 unspecified atom stereocenters. The summed E-state index contributed by atoms with van der Waals surface area (Å²) in [6.07, 6.45) is 48.4. The van der Waals surface area contributed by atoms with Gasteiger partial charge in [0, 0.05) is 0 Å². The number of benzene rings is 1. The fourth-order valence-electron chi connectivity index (χ4n) is 45.8. The molecule has 16 aliphatic carbocycles. The van der Waals surface area contributed by atoms with Crippen LogP contribution in [-0.4, -0.2) is 101 Å². The third kappa shape index (κ3) is 18.9. The Kier molecular flexibility index (Phi) is 33.7. The molecular formula is C137H234O9. The highest BCUT2D eigenvalue weighted by Crippen LogP contribution is 2.83. The molecule has 16 aliphatic rings. The van der Waals surface area contributed by atoms with Gasteiger partial charge in [-0.15, -0.1) is 0 Å². The van der Waals surface area contributed by atoms with Crippen LogP contribution < -0.4 is 0 Å². The van der Waals surface area contributed by atoms with Crippen molar-refractivity contribution in [2.45, 2.75) is 563 Å². The molecule has 0 amide bonds. The molecule has 1 aromatic rings. The predicted molar refractivity (Wildman–Crippen MR) is 614 cm³/mol. The number of hydrogen-bond acceptors (Lipinski definition) is 9. The standard InChI is InChI=1S/C39H62O3.C33H58O2.C33H58O.C32H56O3/c1-24(2)13-12-18-36(7,22-27-25(3)14-11-15-26(27)4)28-16-19-39(10)33(28)29(40)21-32-37(8)23-30(41)34(42)35(5,6)31(37)17-20-38(32,39)9;1-11-30(7,16-12-13-21(2)3)23-14-17-33(10)28(23)24(34)19-27-31(8)20-25(35)22(4)29(5,6)26(31)15-18-32(27,33)9;1-11-23-14-18-31(8)26(30(23,6)7)16-20-32(9)27(31)21-25(34)28-24(15-19-33(28,32)10)29(4,5)17-12-13-22(2)3;1-10-29(6,15-11-12-20(2)3)21-13-16-32(9)26(21)22(33)18-25-30(7)19-23(34)27(35)28(4,5)24(30)14-17-31(25,32)8/h11,13-15,28-34,40-42H,12,16-23H2,1-10H3;13,22-28,34-35H,11-12,14-20H2,1-10H3;13,23-28,34H,11-12,14-21H2,1-10H3;12,21-27,33-35H,10-11,13-19H2,1-9H3/t28?,29?,30-,31?,32?,33?,34?,36-,37?,38?,39-;22?,23?,24?,25-,26?,27?,28?,30+,31?,32?,33-;23?,24?,25?,26?,27?,28?,31?,32?,33-;21?,22?,23-,24?,25?,26?,27?,29+,30?,31?,32-/m1111/s1. The topological polar surface area (TPSA) is 182 Å². The zero-order valence-corrected chi connectivity index (χ0v) is 102. The fraction of sp³-hybridized carbons (Fsp3) is 0.898. The van der Waals surface area contributed by atoms with Crippen molar-refractivity contribution in [3.8, 4) is 0 Å². The average Bonchev–Trinajstić information content (AvgIpc) is 1.39. The van der Waals surface area contributed by atoms with Crippen LogP contribution in [0.25, 0.3) is 0 Å². The second-order valence-electron chi connectivity index (χ2n) is 64.2. The summed E-state index contributed by atoms with van der Waals surface area (Å²) in [5.41, 5.74) is 12.6. The number of rotatable bonds is 21. The first-order chi connectivity index (χ1) is 67.2. The largest absolute Gasteiger partial charge is 0.393 e. The predicted octanol–water partition coefficient (Wildman–Crippen LogP) is 33.6. The van der Waals surface area contributed by atoms with Crippen molar-refractivity contribution in [1.82, 2.24) is 0 Å². The molecule has 146 heavy (non-hydrogen) atoms. The lowest BCUT2D eigenvalue weighted by molar-refractivity contribution is -0.261. The van der Waals surface area contributed by atoms with Gasteiger partial charge in [0.15, 0.2) is 0 Å². The fourth-order valence-corrected chi connectivity index (χ4v) is 45.8. The van der Waals surface area contributed by atoms with Gasteiger partial charge in [-0.25, -0.2) is 0 Å². The quantitative estimate of drug-likeness (QED) is 0.0541. The molecule has 0 aromatic heterocycles. The van der Waals surface area contributed by atoms with Gasteiger partial charge in [-0.05, 0) is 519 Å². The lowest BCUT2D eigenvalue weighted by Crippen LogP contribution is -2.68. The first kappa shape index (κ1) is 119. The van der Waals surface area contributed by atoms with E-state index < -0.39 is 24.4 Å². The summed E-state index contributed by atoms with van der Waals surface area (Å²) in [7, 11) is 0. The van der Waals surface area contributed by atoms with Crippen LogP contribution in [0.1, 0.15) is 504 Å². The lowest BCUT2D eigenvalue weighted by Gasteiger charge is -2.71. The van der Waals surface area contributed by atoms with E-state index in [2.05, 4.69) is 313 Å². The van der Waals surface area contributed by atoms with Gasteiger partial charge in [-0.1, -0.05) is 285 Å². The number of fused-ring (bicyclic) bond motifs is 20. The third-order valence-electron chi connectivity index (χ3n) is 55.4. The Morgan fingerprint density at radius 2 is 0.582 bits per heavy atom. The van der Waals surface area contributed by atoms with E-state index in [1.807, 2.05) is 0 Å². The van der Waals surface area contributed by atoms with Gasteiger partial charge in [0.05, 0.1) is 54.9 Å². The number of allylic oxidation sites excluding steroid dienone is 8. The monoisotopic (exact) mass is 2020 g/mol. The molecule has 0 spiro atoms. The van der Waals surface area contributed by atoms with E-state index in [0.29, 0.717) is 123 Å². The molecule has 0 bridgehead atoms. The van der Waals surface area contributed by atoms with Crippen LogP contribution in [0.4, 0.5) is 0 Å². The molecule has 16 fully saturated rings. The van der Waals surface area contributed by atoms with E-state index in [0.717, 1.165) is 95.3 Å².